The van der Waals surface area contributed by atoms with E-state index in [-0.39, 0.29) is 17.0 Å². The lowest BCUT2D eigenvalue weighted by atomic mass is 10.1. The fraction of sp³-hybridized carbons (Fsp3) is 0.333. The van der Waals surface area contributed by atoms with Crippen LogP contribution in [0.1, 0.15) is 10.4 Å². The van der Waals surface area contributed by atoms with Crippen LogP contribution in [0.5, 0.6) is 0 Å². The Balaban J connectivity index is 1.97. The van der Waals surface area contributed by atoms with Crippen LogP contribution in [0.3, 0.4) is 0 Å². The Morgan fingerprint density at radius 3 is 2.62 bits per heavy atom. The number of amides is 1. The zero-order chi connectivity index (χ0) is 15.0. The number of hydrogen-bond acceptors (Lipinski definition) is 3. The van der Waals surface area contributed by atoms with Crippen LogP contribution in [0.25, 0.3) is 10.9 Å². The van der Waals surface area contributed by atoms with Crippen LogP contribution < -0.4 is 5.56 Å². The molecular weight excluding hydrogens is 334 g/mol. The highest BCUT2D eigenvalue weighted by atomic mass is 79.9. The van der Waals surface area contributed by atoms with E-state index in [0.29, 0.717) is 13.1 Å². The molecule has 0 spiro atoms. The minimum Gasteiger partial charge on any atom is -0.336 e. The summed E-state index contributed by atoms with van der Waals surface area (Å²) in [5.74, 6) is -0.189. The van der Waals surface area contributed by atoms with Gasteiger partial charge in [0.1, 0.15) is 5.56 Å². The first-order valence-electron chi connectivity index (χ1n) is 6.85. The quantitative estimate of drug-likeness (QED) is 0.852. The van der Waals surface area contributed by atoms with Gasteiger partial charge in [0.25, 0.3) is 11.5 Å². The molecule has 2 heterocycles. The number of nitrogens with zero attached hydrogens (tertiary/aromatic N) is 2. The minimum atomic E-state index is -0.325. The summed E-state index contributed by atoms with van der Waals surface area (Å²) in [5.41, 5.74) is 0.622. The van der Waals surface area contributed by atoms with Crippen LogP contribution in [-0.4, -0.2) is 53.9 Å². The number of carbonyl (C=O) groups is 1. The summed E-state index contributed by atoms with van der Waals surface area (Å²) in [4.78, 5) is 31.4. The molecule has 1 saturated heterocycles. The molecule has 0 bridgehead atoms. The van der Waals surface area contributed by atoms with Crippen molar-refractivity contribution < 1.29 is 4.79 Å². The van der Waals surface area contributed by atoms with Crippen molar-refractivity contribution in [2.45, 2.75) is 0 Å². The van der Waals surface area contributed by atoms with Crippen LogP contribution in [0, 0.1) is 0 Å². The van der Waals surface area contributed by atoms with E-state index >= 15 is 0 Å². The van der Waals surface area contributed by atoms with Crippen molar-refractivity contribution >= 4 is 32.7 Å². The molecule has 2 aromatic rings. The number of pyridine rings is 1. The number of benzene rings is 1. The van der Waals surface area contributed by atoms with Gasteiger partial charge in [-0.3, -0.25) is 9.59 Å². The molecule has 3 rings (SSSR count). The average molecular weight is 350 g/mol. The van der Waals surface area contributed by atoms with Crippen molar-refractivity contribution in [1.29, 1.82) is 0 Å². The molecule has 0 aliphatic carbocycles. The Morgan fingerprint density at radius 1 is 1.19 bits per heavy atom. The minimum absolute atomic E-state index is 0.189. The molecule has 1 fully saturated rings. The zero-order valence-corrected chi connectivity index (χ0v) is 13.3. The summed E-state index contributed by atoms with van der Waals surface area (Å²) in [6, 6.07) is 7.26. The van der Waals surface area contributed by atoms with Gasteiger partial charge in [0.2, 0.25) is 0 Å². The standard InChI is InChI=1S/C15H16BrN3O2/c1-18-4-6-19(7-5-18)15(21)12-9-10-8-11(16)2-3-13(10)17-14(12)20/h2-3,8-9H,4-7H2,1H3,(H,17,20). The van der Waals surface area contributed by atoms with Gasteiger partial charge in [-0.05, 0) is 31.3 Å². The second-order valence-electron chi connectivity index (χ2n) is 5.34. The first kappa shape index (κ1) is 14.3. The molecule has 1 aromatic carbocycles. The Morgan fingerprint density at radius 2 is 1.90 bits per heavy atom. The molecule has 0 radical (unpaired) electrons. The average Bonchev–Trinajstić information content (AvgIpc) is 2.47. The van der Waals surface area contributed by atoms with E-state index in [2.05, 4.69) is 25.8 Å². The summed E-state index contributed by atoms with van der Waals surface area (Å²) in [6.45, 7) is 2.99. The summed E-state index contributed by atoms with van der Waals surface area (Å²) in [7, 11) is 2.03. The highest BCUT2D eigenvalue weighted by Crippen LogP contribution is 2.18. The van der Waals surface area contributed by atoms with Gasteiger partial charge < -0.3 is 14.8 Å². The number of nitrogens with one attached hydrogen (secondary N) is 1. The van der Waals surface area contributed by atoms with Gasteiger partial charge in [-0.1, -0.05) is 15.9 Å². The fourth-order valence-corrected chi connectivity index (χ4v) is 2.90. The van der Waals surface area contributed by atoms with Crippen LogP contribution in [-0.2, 0) is 0 Å². The predicted molar refractivity (Wildman–Crippen MR) is 85.7 cm³/mol. The van der Waals surface area contributed by atoms with Crippen LogP contribution >= 0.6 is 15.9 Å². The highest BCUT2D eigenvalue weighted by molar-refractivity contribution is 9.10. The lowest BCUT2D eigenvalue weighted by Crippen LogP contribution is -2.48. The first-order chi connectivity index (χ1) is 10.0. The SMILES string of the molecule is CN1CCN(C(=O)c2cc3cc(Br)ccc3[nH]c2=O)CC1. The number of aromatic nitrogens is 1. The Kier molecular flexibility index (Phi) is 3.82. The molecule has 1 amide bonds. The molecule has 1 aliphatic rings. The van der Waals surface area contributed by atoms with Crippen molar-refractivity contribution in [2.24, 2.45) is 0 Å². The van der Waals surface area contributed by atoms with E-state index in [4.69, 9.17) is 0 Å². The van der Waals surface area contributed by atoms with Crippen molar-refractivity contribution in [1.82, 2.24) is 14.8 Å². The monoisotopic (exact) mass is 349 g/mol. The number of H-pyrrole nitrogens is 1. The smallest absolute Gasteiger partial charge is 0.261 e. The van der Waals surface area contributed by atoms with E-state index in [0.717, 1.165) is 28.5 Å². The number of rotatable bonds is 1. The van der Waals surface area contributed by atoms with Gasteiger partial charge >= 0.3 is 0 Å². The second-order valence-corrected chi connectivity index (χ2v) is 6.25. The van der Waals surface area contributed by atoms with Crippen LogP contribution in [0.2, 0.25) is 0 Å². The van der Waals surface area contributed by atoms with Crippen molar-refractivity contribution in [3.05, 3.63) is 44.7 Å². The van der Waals surface area contributed by atoms with Gasteiger partial charge in [0.05, 0.1) is 0 Å². The molecule has 1 aromatic heterocycles. The van der Waals surface area contributed by atoms with Gasteiger partial charge in [0, 0.05) is 41.6 Å². The molecule has 1 N–H and O–H groups in total. The third-order valence-electron chi connectivity index (χ3n) is 3.83. The predicted octanol–water partition coefficient (Wildman–Crippen LogP) is 1.68. The van der Waals surface area contributed by atoms with Crippen molar-refractivity contribution in [3.8, 4) is 0 Å². The van der Waals surface area contributed by atoms with E-state index in [1.807, 2.05) is 25.2 Å². The third-order valence-corrected chi connectivity index (χ3v) is 4.32. The van der Waals surface area contributed by atoms with Gasteiger partial charge in [-0.2, -0.15) is 0 Å². The van der Waals surface area contributed by atoms with Gasteiger partial charge in [-0.25, -0.2) is 0 Å². The molecule has 0 atom stereocenters. The third kappa shape index (κ3) is 2.87. The maximum atomic E-state index is 12.5. The van der Waals surface area contributed by atoms with Crippen LogP contribution in [0.4, 0.5) is 0 Å². The normalized spacial score (nSPS) is 16.4. The first-order valence-corrected chi connectivity index (χ1v) is 7.64. The second kappa shape index (κ2) is 5.61. The molecule has 0 unspecified atom stereocenters. The maximum Gasteiger partial charge on any atom is 0.261 e. The molecule has 21 heavy (non-hydrogen) atoms. The van der Waals surface area contributed by atoms with Crippen molar-refractivity contribution in [2.75, 3.05) is 33.2 Å². The summed E-state index contributed by atoms with van der Waals surface area (Å²) in [5, 5.41) is 0.849. The maximum absolute atomic E-state index is 12.5. The fourth-order valence-electron chi connectivity index (χ4n) is 2.52. The van der Waals surface area contributed by atoms with E-state index in [1.54, 1.807) is 11.0 Å². The highest BCUT2D eigenvalue weighted by Gasteiger charge is 2.22. The largest absolute Gasteiger partial charge is 0.336 e. The number of fused-ring (bicyclic) bond motifs is 1. The molecule has 0 saturated carbocycles. The molecule has 1 aliphatic heterocycles. The number of likely N-dealkylation sites (N-methyl/N-ethyl adjacent to an activating group) is 1. The number of carbonyl (C=O) groups excluding carboxylic acids is 1. The summed E-state index contributed by atoms with van der Waals surface area (Å²) < 4.78 is 0.917. The number of piperazine rings is 1. The van der Waals surface area contributed by atoms with Gasteiger partial charge in [0.15, 0.2) is 0 Å². The molecule has 6 heteroatoms. The topological polar surface area (TPSA) is 56.4 Å². The summed E-state index contributed by atoms with van der Waals surface area (Å²) in [6.07, 6.45) is 0. The molecular formula is C15H16BrN3O2. The lowest BCUT2D eigenvalue weighted by molar-refractivity contribution is 0.0662. The number of halogens is 1. The van der Waals surface area contributed by atoms with Gasteiger partial charge in [-0.15, -0.1) is 0 Å². The van der Waals surface area contributed by atoms with E-state index < -0.39 is 0 Å². The number of aromatic amines is 1. The Bertz CT molecular complexity index is 748. The Labute approximate surface area is 130 Å². The van der Waals surface area contributed by atoms with E-state index in [1.165, 1.54) is 0 Å². The Hall–Kier alpha value is -1.66. The molecule has 110 valence electrons. The lowest BCUT2D eigenvalue weighted by Gasteiger charge is -2.32. The number of hydrogen-bond donors (Lipinski definition) is 1. The van der Waals surface area contributed by atoms with Crippen LogP contribution in [0.15, 0.2) is 33.5 Å². The summed E-state index contributed by atoms with van der Waals surface area (Å²) >= 11 is 3.40. The molecule has 5 nitrogen and oxygen atoms in total. The zero-order valence-electron chi connectivity index (χ0n) is 11.7. The van der Waals surface area contributed by atoms with Crippen molar-refractivity contribution in [3.63, 3.8) is 0 Å². The van der Waals surface area contributed by atoms with E-state index in [9.17, 15) is 9.59 Å².